The molecule has 2 heterocycles. The number of benzene rings is 1. The van der Waals surface area contributed by atoms with Gasteiger partial charge in [-0.3, -0.25) is 4.90 Å². The summed E-state index contributed by atoms with van der Waals surface area (Å²) in [6.45, 7) is 7.03. The van der Waals surface area contributed by atoms with Gasteiger partial charge in [-0.1, -0.05) is 24.1 Å². The topological polar surface area (TPSA) is 6.48 Å². The van der Waals surface area contributed by atoms with E-state index in [0.717, 1.165) is 17.6 Å². The van der Waals surface area contributed by atoms with Crippen molar-refractivity contribution in [2.45, 2.75) is 38.6 Å². The van der Waals surface area contributed by atoms with Crippen LogP contribution >= 0.6 is 11.6 Å². The Morgan fingerprint density at radius 2 is 1.95 bits per heavy atom. The maximum absolute atomic E-state index is 6.27. The van der Waals surface area contributed by atoms with Crippen LogP contribution in [0, 0.1) is 6.92 Å². The zero-order valence-electron chi connectivity index (χ0n) is 11.7. The van der Waals surface area contributed by atoms with Crippen molar-refractivity contribution in [2.75, 3.05) is 31.1 Å². The van der Waals surface area contributed by atoms with E-state index in [1.54, 1.807) is 0 Å². The summed E-state index contributed by atoms with van der Waals surface area (Å²) in [5, 5.41) is 0.891. The highest BCUT2D eigenvalue weighted by molar-refractivity contribution is 6.31. The van der Waals surface area contributed by atoms with Crippen LogP contribution in [-0.2, 0) is 0 Å². The molecule has 0 N–H and O–H groups in total. The van der Waals surface area contributed by atoms with Crippen LogP contribution in [0.4, 0.5) is 5.69 Å². The van der Waals surface area contributed by atoms with E-state index < -0.39 is 0 Å². The molecule has 1 aromatic rings. The van der Waals surface area contributed by atoms with Gasteiger partial charge in [0.15, 0.2) is 0 Å². The molecule has 3 rings (SSSR count). The third kappa shape index (κ3) is 2.75. The lowest BCUT2D eigenvalue weighted by Gasteiger charge is -2.36. The van der Waals surface area contributed by atoms with E-state index in [0.29, 0.717) is 0 Å². The summed E-state index contributed by atoms with van der Waals surface area (Å²) in [6, 6.07) is 7.04. The van der Waals surface area contributed by atoms with Gasteiger partial charge < -0.3 is 4.90 Å². The van der Waals surface area contributed by atoms with E-state index in [4.69, 9.17) is 11.6 Å². The number of halogens is 1. The Bertz CT molecular complexity index is 446. The average Bonchev–Trinajstić information content (AvgIpc) is 2.64. The third-order valence-corrected chi connectivity index (χ3v) is 5.04. The number of anilines is 1. The SMILES string of the molecule is Cc1c(Cl)cccc1N1CCCN2CCCCC2C1. The van der Waals surface area contributed by atoms with Gasteiger partial charge in [-0.05, 0) is 50.4 Å². The second kappa shape index (κ2) is 5.72. The molecule has 0 bridgehead atoms. The standard InChI is InChI=1S/C16H23ClN2/c1-13-15(17)7-4-8-16(13)19-11-5-10-18-9-3-2-6-14(18)12-19/h4,7-8,14H,2-3,5-6,9-12H2,1H3. The molecule has 0 amide bonds. The summed E-state index contributed by atoms with van der Waals surface area (Å²) in [6.07, 6.45) is 5.40. The summed E-state index contributed by atoms with van der Waals surface area (Å²) < 4.78 is 0. The van der Waals surface area contributed by atoms with E-state index >= 15 is 0 Å². The molecule has 2 fully saturated rings. The van der Waals surface area contributed by atoms with Crippen LogP contribution in [0.1, 0.15) is 31.2 Å². The quantitative estimate of drug-likeness (QED) is 0.773. The van der Waals surface area contributed by atoms with Gasteiger partial charge >= 0.3 is 0 Å². The maximum Gasteiger partial charge on any atom is 0.0455 e. The Hall–Kier alpha value is -0.730. The fraction of sp³-hybridized carbons (Fsp3) is 0.625. The molecule has 104 valence electrons. The van der Waals surface area contributed by atoms with Crippen LogP contribution in [-0.4, -0.2) is 37.1 Å². The number of rotatable bonds is 1. The summed E-state index contributed by atoms with van der Waals surface area (Å²) in [5.74, 6) is 0. The molecular formula is C16H23ClN2. The van der Waals surface area contributed by atoms with Gasteiger partial charge in [-0.25, -0.2) is 0 Å². The summed E-state index contributed by atoms with van der Waals surface area (Å²) >= 11 is 6.27. The highest BCUT2D eigenvalue weighted by atomic mass is 35.5. The first-order valence-corrected chi connectivity index (χ1v) is 7.87. The number of hydrogen-bond donors (Lipinski definition) is 0. The predicted molar refractivity (Wildman–Crippen MR) is 82.2 cm³/mol. The molecule has 1 unspecified atom stereocenters. The predicted octanol–water partition coefficient (Wildman–Crippen LogP) is 3.71. The Morgan fingerprint density at radius 1 is 1.11 bits per heavy atom. The molecule has 0 aromatic heterocycles. The first kappa shape index (κ1) is 13.3. The van der Waals surface area contributed by atoms with E-state index in [-0.39, 0.29) is 0 Å². The molecule has 0 aliphatic carbocycles. The lowest BCUT2D eigenvalue weighted by atomic mass is 10.0. The Morgan fingerprint density at radius 3 is 2.84 bits per heavy atom. The molecule has 2 saturated heterocycles. The molecular weight excluding hydrogens is 256 g/mol. The molecule has 0 radical (unpaired) electrons. The van der Waals surface area contributed by atoms with Crippen LogP contribution in [0.5, 0.6) is 0 Å². The van der Waals surface area contributed by atoms with Gasteiger partial charge in [0.25, 0.3) is 0 Å². The molecule has 0 spiro atoms. The van der Waals surface area contributed by atoms with E-state index in [1.165, 1.54) is 56.6 Å². The fourth-order valence-corrected chi connectivity index (χ4v) is 3.70. The van der Waals surface area contributed by atoms with Crippen molar-refractivity contribution in [3.63, 3.8) is 0 Å². The monoisotopic (exact) mass is 278 g/mol. The van der Waals surface area contributed by atoms with Gasteiger partial charge in [0.1, 0.15) is 0 Å². The zero-order valence-corrected chi connectivity index (χ0v) is 12.5. The van der Waals surface area contributed by atoms with Crippen LogP contribution in [0.25, 0.3) is 0 Å². The lowest BCUT2D eigenvalue weighted by Crippen LogP contribution is -2.44. The molecule has 3 heteroatoms. The van der Waals surface area contributed by atoms with Crippen molar-refractivity contribution in [3.8, 4) is 0 Å². The minimum Gasteiger partial charge on any atom is -0.370 e. The Balaban J connectivity index is 1.82. The minimum atomic E-state index is 0.745. The number of piperidine rings is 1. The molecule has 2 aliphatic heterocycles. The summed E-state index contributed by atoms with van der Waals surface area (Å²) in [7, 11) is 0. The first-order chi connectivity index (χ1) is 9.25. The smallest absolute Gasteiger partial charge is 0.0455 e. The number of fused-ring (bicyclic) bond motifs is 1. The van der Waals surface area contributed by atoms with E-state index in [9.17, 15) is 0 Å². The zero-order chi connectivity index (χ0) is 13.2. The molecule has 19 heavy (non-hydrogen) atoms. The Kier molecular flexibility index (Phi) is 3.99. The minimum absolute atomic E-state index is 0.745. The van der Waals surface area contributed by atoms with Gasteiger partial charge in [-0.2, -0.15) is 0 Å². The number of hydrogen-bond acceptors (Lipinski definition) is 2. The summed E-state index contributed by atoms with van der Waals surface area (Å²) in [5.41, 5.74) is 2.56. The van der Waals surface area contributed by atoms with Gasteiger partial charge in [0.05, 0.1) is 0 Å². The van der Waals surface area contributed by atoms with Gasteiger partial charge in [-0.15, -0.1) is 0 Å². The molecule has 1 atom stereocenters. The Labute approximate surface area is 121 Å². The molecule has 2 nitrogen and oxygen atoms in total. The number of nitrogens with zero attached hydrogens (tertiary/aromatic N) is 2. The summed E-state index contributed by atoms with van der Waals surface area (Å²) in [4.78, 5) is 5.25. The lowest BCUT2D eigenvalue weighted by molar-refractivity contribution is 0.162. The highest BCUT2D eigenvalue weighted by Crippen LogP contribution is 2.29. The van der Waals surface area contributed by atoms with Crippen molar-refractivity contribution >= 4 is 17.3 Å². The highest BCUT2D eigenvalue weighted by Gasteiger charge is 2.27. The maximum atomic E-state index is 6.27. The molecule has 2 aliphatic rings. The fourth-order valence-electron chi connectivity index (χ4n) is 3.53. The van der Waals surface area contributed by atoms with Crippen molar-refractivity contribution in [1.29, 1.82) is 0 Å². The van der Waals surface area contributed by atoms with Crippen molar-refractivity contribution in [1.82, 2.24) is 4.90 Å². The molecule has 0 saturated carbocycles. The van der Waals surface area contributed by atoms with Crippen molar-refractivity contribution in [2.24, 2.45) is 0 Å². The normalized spacial score (nSPS) is 24.9. The molecule has 1 aromatic carbocycles. The van der Waals surface area contributed by atoms with Crippen LogP contribution < -0.4 is 4.90 Å². The van der Waals surface area contributed by atoms with E-state index in [1.807, 2.05) is 6.07 Å². The van der Waals surface area contributed by atoms with Crippen LogP contribution in [0.3, 0.4) is 0 Å². The van der Waals surface area contributed by atoms with Gasteiger partial charge in [0.2, 0.25) is 0 Å². The second-order valence-electron chi connectivity index (χ2n) is 5.87. The van der Waals surface area contributed by atoms with Gasteiger partial charge in [0, 0.05) is 36.4 Å². The van der Waals surface area contributed by atoms with Crippen molar-refractivity contribution < 1.29 is 0 Å². The largest absolute Gasteiger partial charge is 0.370 e. The van der Waals surface area contributed by atoms with Crippen LogP contribution in [0.15, 0.2) is 18.2 Å². The van der Waals surface area contributed by atoms with E-state index in [2.05, 4.69) is 28.9 Å². The van der Waals surface area contributed by atoms with Crippen LogP contribution in [0.2, 0.25) is 5.02 Å². The first-order valence-electron chi connectivity index (χ1n) is 7.50. The third-order valence-electron chi connectivity index (χ3n) is 4.63. The van der Waals surface area contributed by atoms with Crippen molar-refractivity contribution in [3.05, 3.63) is 28.8 Å². The average molecular weight is 279 g/mol. The second-order valence-corrected chi connectivity index (χ2v) is 6.28.